The van der Waals surface area contributed by atoms with Gasteiger partial charge in [0.1, 0.15) is 0 Å². The van der Waals surface area contributed by atoms with Crippen molar-refractivity contribution in [1.29, 1.82) is 0 Å². The summed E-state index contributed by atoms with van der Waals surface area (Å²) in [6.45, 7) is 8.01. The van der Waals surface area contributed by atoms with Crippen LogP contribution in [0.2, 0.25) is 0 Å². The number of aryl methyl sites for hydroxylation is 1. The van der Waals surface area contributed by atoms with Gasteiger partial charge < -0.3 is 20.3 Å². The predicted molar refractivity (Wildman–Crippen MR) is 129 cm³/mol. The Labute approximate surface area is 197 Å². The molecule has 8 heteroatoms. The van der Waals surface area contributed by atoms with Crippen LogP contribution in [0.5, 0.6) is 0 Å². The number of hydrogen-bond acceptors (Lipinski definition) is 6. The van der Waals surface area contributed by atoms with Crippen LogP contribution in [-0.2, 0) is 20.7 Å². The Hall–Kier alpha value is -2.16. The number of amides is 2. The minimum absolute atomic E-state index is 0.0907. The van der Waals surface area contributed by atoms with E-state index in [0.29, 0.717) is 13.1 Å². The molecule has 33 heavy (non-hydrogen) atoms. The molecule has 1 unspecified atom stereocenters. The zero-order valence-electron chi connectivity index (χ0n) is 20.0. The standard InChI is InChI=1S/C25H39N5O3/c1-28-10-5-6-20-18-21(7-8-22(20)28)23(30-11-3-2-4-12-30)19-27-25(32)24(31)26-9-13-29-14-16-33-17-15-29/h7-8,18,23H,2-6,9-17,19H2,1H3,(H,26,31)(H,27,32). The van der Waals surface area contributed by atoms with Crippen molar-refractivity contribution >= 4 is 17.5 Å². The second kappa shape index (κ2) is 11.8. The highest BCUT2D eigenvalue weighted by Gasteiger charge is 2.26. The molecule has 182 valence electrons. The topological polar surface area (TPSA) is 77.2 Å². The van der Waals surface area contributed by atoms with Crippen molar-refractivity contribution in [3.63, 3.8) is 0 Å². The molecule has 1 aromatic carbocycles. The smallest absolute Gasteiger partial charge is 0.309 e. The molecule has 3 aliphatic heterocycles. The third-order valence-corrected chi connectivity index (χ3v) is 7.15. The van der Waals surface area contributed by atoms with Gasteiger partial charge in [0, 0.05) is 52.0 Å². The van der Waals surface area contributed by atoms with Crippen LogP contribution in [0.1, 0.15) is 42.9 Å². The number of anilines is 1. The fraction of sp³-hybridized carbons (Fsp3) is 0.680. The summed E-state index contributed by atoms with van der Waals surface area (Å²) in [4.78, 5) is 31.9. The first-order chi connectivity index (χ1) is 16.1. The fourth-order valence-corrected chi connectivity index (χ4v) is 5.20. The van der Waals surface area contributed by atoms with Crippen molar-refractivity contribution in [2.75, 3.05) is 77.5 Å². The fourth-order valence-electron chi connectivity index (χ4n) is 5.20. The summed E-state index contributed by atoms with van der Waals surface area (Å²) in [5.74, 6) is -1.09. The number of rotatable bonds is 7. The van der Waals surface area contributed by atoms with Gasteiger partial charge in [0.15, 0.2) is 0 Å². The van der Waals surface area contributed by atoms with E-state index in [2.05, 4.69) is 50.6 Å². The minimum atomic E-state index is -0.548. The molecule has 3 heterocycles. The molecule has 2 fully saturated rings. The van der Waals surface area contributed by atoms with Crippen LogP contribution in [0.4, 0.5) is 5.69 Å². The highest BCUT2D eigenvalue weighted by Crippen LogP contribution is 2.31. The van der Waals surface area contributed by atoms with E-state index in [0.717, 1.165) is 58.9 Å². The number of nitrogens with one attached hydrogen (secondary N) is 2. The maximum atomic E-state index is 12.5. The first kappa shape index (κ1) is 24.0. The Morgan fingerprint density at radius 3 is 2.52 bits per heavy atom. The number of ether oxygens (including phenoxy) is 1. The molecule has 3 aliphatic rings. The lowest BCUT2D eigenvalue weighted by Crippen LogP contribution is -2.47. The van der Waals surface area contributed by atoms with E-state index < -0.39 is 11.8 Å². The van der Waals surface area contributed by atoms with Crippen LogP contribution >= 0.6 is 0 Å². The lowest BCUT2D eigenvalue weighted by Gasteiger charge is -2.36. The van der Waals surface area contributed by atoms with E-state index in [1.807, 2.05) is 0 Å². The van der Waals surface area contributed by atoms with Gasteiger partial charge in [-0.3, -0.25) is 19.4 Å². The average Bonchev–Trinajstić information content (AvgIpc) is 2.85. The normalized spacial score (nSPS) is 20.7. The second-order valence-electron chi connectivity index (χ2n) is 9.45. The third kappa shape index (κ3) is 6.46. The molecule has 0 saturated carbocycles. The quantitative estimate of drug-likeness (QED) is 0.599. The number of carbonyl (C=O) groups excluding carboxylic acids is 2. The molecule has 8 nitrogen and oxygen atoms in total. The summed E-state index contributed by atoms with van der Waals surface area (Å²) in [7, 11) is 2.15. The van der Waals surface area contributed by atoms with Gasteiger partial charge in [-0.2, -0.15) is 0 Å². The van der Waals surface area contributed by atoms with Gasteiger partial charge in [0.05, 0.1) is 19.3 Å². The van der Waals surface area contributed by atoms with Crippen LogP contribution in [0.15, 0.2) is 18.2 Å². The van der Waals surface area contributed by atoms with Gasteiger partial charge in [-0.1, -0.05) is 18.6 Å². The van der Waals surface area contributed by atoms with E-state index in [1.54, 1.807) is 0 Å². The zero-order chi connectivity index (χ0) is 23.0. The van der Waals surface area contributed by atoms with Crippen molar-refractivity contribution in [3.8, 4) is 0 Å². The Balaban J connectivity index is 1.34. The molecule has 2 saturated heterocycles. The Kier molecular flexibility index (Phi) is 8.58. The zero-order valence-corrected chi connectivity index (χ0v) is 20.0. The number of benzene rings is 1. The van der Waals surface area contributed by atoms with Gasteiger partial charge in [0.2, 0.25) is 0 Å². The summed E-state index contributed by atoms with van der Waals surface area (Å²) in [5, 5.41) is 5.68. The van der Waals surface area contributed by atoms with Gasteiger partial charge in [-0.05, 0) is 56.0 Å². The number of fused-ring (bicyclic) bond motifs is 1. The molecule has 4 rings (SSSR count). The van der Waals surface area contributed by atoms with E-state index in [1.165, 1.54) is 42.5 Å². The van der Waals surface area contributed by atoms with Crippen molar-refractivity contribution < 1.29 is 14.3 Å². The van der Waals surface area contributed by atoms with E-state index >= 15 is 0 Å². The third-order valence-electron chi connectivity index (χ3n) is 7.15. The lowest BCUT2D eigenvalue weighted by molar-refractivity contribution is -0.139. The molecule has 2 N–H and O–H groups in total. The Morgan fingerprint density at radius 1 is 0.970 bits per heavy atom. The first-order valence-corrected chi connectivity index (χ1v) is 12.6. The Bertz CT molecular complexity index is 805. The van der Waals surface area contributed by atoms with Gasteiger partial charge >= 0.3 is 11.8 Å². The molecule has 1 aromatic rings. The first-order valence-electron chi connectivity index (χ1n) is 12.6. The molecule has 0 radical (unpaired) electrons. The molecule has 2 amide bonds. The van der Waals surface area contributed by atoms with Crippen molar-refractivity contribution in [2.45, 2.75) is 38.1 Å². The second-order valence-corrected chi connectivity index (χ2v) is 9.45. The van der Waals surface area contributed by atoms with Gasteiger partial charge in [0.25, 0.3) is 0 Å². The molecule has 0 aliphatic carbocycles. The number of piperidine rings is 1. The molecule has 0 spiro atoms. The number of morpholine rings is 1. The van der Waals surface area contributed by atoms with Crippen molar-refractivity contribution in [1.82, 2.24) is 20.4 Å². The lowest BCUT2D eigenvalue weighted by atomic mass is 9.95. The molecular weight excluding hydrogens is 418 g/mol. The van der Waals surface area contributed by atoms with Gasteiger partial charge in [-0.25, -0.2) is 0 Å². The van der Waals surface area contributed by atoms with Crippen molar-refractivity contribution in [3.05, 3.63) is 29.3 Å². The average molecular weight is 458 g/mol. The van der Waals surface area contributed by atoms with Crippen LogP contribution in [0.3, 0.4) is 0 Å². The molecule has 0 aromatic heterocycles. The predicted octanol–water partition coefficient (Wildman–Crippen LogP) is 1.16. The maximum absolute atomic E-state index is 12.5. The summed E-state index contributed by atoms with van der Waals surface area (Å²) in [6.07, 6.45) is 5.89. The largest absolute Gasteiger partial charge is 0.379 e. The van der Waals surface area contributed by atoms with Crippen molar-refractivity contribution in [2.24, 2.45) is 0 Å². The number of nitrogens with zero attached hydrogens (tertiary/aromatic N) is 3. The molecule has 0 bridgehead atoms. The van der Waals surface area contributed by atoms with Crippen LogP contribution in [-0.4, -0.2) is 94.2 Å². The summed E-state index contributed by atoms with van der Waals surface area (Å²) in [6, 6.07) is 6.83. The maximum Gasteiger partial charge on any atom is 0.309 e. The van der Waals surface area contributed by atoms with Crippen LogP contribution in [0, 0.1) is 0 Å². The molecular formula is C25H39N5O3. The monoisotopic (exact) mass is 457 g/mol. The van der Waals surface area contributed by atoms with E-state index in [-0.39, 0.29) is 6.04 Å². The van der Waals surface area contributed by atoms with E-state index in [4.69, 9.17) is 4.74 Å². The summed E-state index contributed by atoms with van der Waals surface area (Å²) in [5.41, 5.74) is 3.93. The van der Waals surface area contributed by atoms with E-state index in [9.17, 15) is 9.59 Å². The summed E-state index contributed by atoms with van der Waals surface area (Å²) < 4.78 is 5.34. The number of likely N-dealkylation sites (tertiary alicyclic amines) is 1. The van der Waals surface area contributed by atoms with Crippen LogP contribution < -0.4 is 15.5 Å². The SMILES string of the molecule is CN1CCCc2cc(C(CNC(=O)C(=O)NCCN3CCOCC3)N3CCCCC3)ccc21. The number of hydrogen-bond donors (Lipinski definition) is 2. The highest BCUT2D eigenvalue weighted by atomic mass is 16.5. The Morgan fingerprint density at radius 2 is 1.73 bits per heavy atom. The number of carbonyl (C=O) groups is 2. The highest BCUT2D eigenvalue weighted by molar-refractivity contribution is 6.35. The van der Waals surface area contributed by atoms with Gasteiger partial charge in [-0.15, -0.1) is 0 Å². The molecule has 1 atom stereocenters. The van der Waals surface area contributed by atoms with Crippen LogP contribution in [0.25, 0.3) is 0 Å². The summed E-state index contributed by atoms with van der Waals surface area (Å²) >= 11 is 0. The minimum Gasteiger partial charge on any atom is -0.379 e.